The molecule has 0 atom stereocenters. The van der Waals surface area contributed by atoms with Gasteiger partial charge in [0.1, 0.15) is 5.82 Å². The molecule has 0 spiro atoms. The summed E-state index contributed by atoms with van der Waals surface area (Å²) in [7, 11) is 0. The Labute approximate surface area is 114 Å². The molecule has 4 heteroatoms. The molecule has 0 amide bonds. The summed E-state index contributed by atoms with van der Waals surface area (Å²) in [6.45, 7) is 8.43. The molecule has 0 aliphatic heterocycles. The zero-order valence-electron chi connectivity index (χ0n) is 10.8. The number of likely N-dealkylation sites (N-methyl/N-ethyl adjacent to an activating group) is 1. The minimum atomic E-state index is 0.688. The van der Waals surface area contributed by atoms with Crippen molar-refractivity contribution in [2.45, 2.75) is 32.4 Å². The Morgan fingerprint density at radius 3 is 3.00 bits per heavy atom. The van der Waals surface area contributed by atoms with E-state index in [1.54, 1.807) is 6.20 Å². The van der Waals surface area contributed by atoms with Gasteiger partial charge in [0, 0.05) is 31.9 Å². The number of halogens is 1. The number of aromatic nitrogens is 1. The fraction of sp³-hybridized carbons (Fsp3) is 0.500. The summed E-state index contributed by atoms with van der Waals surface area (Å²) in [6.07, 6.45) is 6.20. The van der Waals surface area contributed by atoms with Crippen LogP contribution >= 0.6 is 11.6 Å². The first-order valence-corrected chi connectivity index (χ1v) is 6.86. The van der Waals surface area contributed by atoms with E-state index in [2.05, 4.69) is 34.8 Å². The second-order valence-electron chi connectivity index (χ2n) is 4.62. The van der Waals surface area contributed by atoms with Crippen LogP contribution < -0.4 is 10.2 Å². The van der Waals surface area contributed by atoms with Gasteiger partial charge in [-0.3, -0.25) is 0 Å². The van der Waals surface area contributed by atoms with Crippen LogP contribution in [-0.4, -0.2) is 24.1 Å². The first-order chi connectivity index (χ1) is 8.74. The number of pyridine rings is 1. The summed E-state index contributed by atoms with van der Waals surface area (Å²) in [5.74, 6) is 0.967. The van der Waals surface area contributed by atoms with Crippen molar-refractivity contribution in [3.63, 3.8) is 0 Å². The van der Waals surface area contributed by atoms with Crippen LogP contribution in [0.2, 0.25) is 5.02 Å². The summed E-state index contributed by atoms with van der Waals surface area (Å²) < 4.78 is 0. The topological polar surface area (TPSA) is 28.2 Å². The van der Waals surface area contributed by atoms with E-state index in [9.17, 15) is 0 Å². The van der Waals surface area contributed by atoms with E-state index < -0.39 is 0 Å². The lowest BCUT2D eigenvalue weighted by Gasteiger charge is -2.21. The van der Waals surface area contributed by atoms with Gasteiger partial charge in [0.15, 0.2) is 0 Å². The van der Waals surface area contributed by atoms with Crippen molar-refractivity contribution in [1.29, 1.82) is 0 Å². The van der Waals surface area contributed by atoms with Crippen LogP contribution in [0.5, 0.6) is 0 Å². The van der Waals surface area contributed by atoms with Crippen molar-refractivity contribution >= 4 is 17.4 Å². The van der Waals surface area contributed by atoms with Crippen molar-refractivity contribution in [2.75, 3.05) is 18.0 Å². The highest BCUT2D eigenvalue weighted by Gasteiger charge is 2.20. The van der Waals surface area contributed by atoms with E-state index in [1.165, 1.54) is 12.8 Å². The minimum absolute atomic E-state index is 0.688. The molecule has 1 heterocycles. The molecular weight excluding hydrogens is 246 g/mol. The summed E-state index contributed by atoms with van der Waals surface area (Å²) in [5, 5.41) is 4.22. The fourth-order valence-electron chi connectivity index (χ4n) is 1.86. The third-order valence-corrected chi connectivity index (χ3v) is 3.47. The number of hydrogen-bond donors (Lipinski definition) is 1. The van der Waals surface area contributed by atoms with Gasteiger partial charge in [0.25, 0.3) is 0 Å². The normalized spacial score (nSPS) is 14.6. The Bertz CT molecular complexity index is 416. The standard InChI is InChI=1S/C14H20ClN3/c1-3-7-18(4-2)14-8-11(13(15)10-17-14)9-16-12-5-6-12/h3,8,10,12,16H,1,4-7,9H2,2H3. The van der Waals surface area contributed by atoms with Crippen LogP contribution in [0.4, 0.5) is 5.82 Å². The van der Waals surface area contributed by atoms with E-state index in [0.717, 1.165) is 36.0 Å². The lowest BCUT2D eigenvalue weighted by molar-refractivity contribution is 0.686. The number of nitrogens with zero attached hydrogens (tertiary/aromatic N) is 2. The number of rotatable bonds is 7. The molecule has 1 aliphatic rings. The molecule has 3 nitrogen and oxygen atoms in total. The fourth-order valence-corrected chi connectivity index (χ4v) is 2.03. The highest BCUT2D eigenvalue weighted by molar-refractivity contribution is 6.31. The number of nitrogens with one attached hydrogen (secondary N) is 1. The summed E-state index contributed by atoms with van der Waals surface area (Å²) in [5.41, 5.74) is 1.12. The lowest BCUT2D eigenvalue weighted by atomic mass is 10.2. The molecule has 0 radical (unpaired) electrons. The highest BCUT2D eigenvalue weighted by atomic mass is 35.5. The third-order valence-electron chi connectivity index (χ3n) is 3.13. The summed E-state index contributed by atoms with van der Waals surface area (Å²) in [6, 6.07) is 2.76. The van der Waals surface area contributed by atoms with E-state index in [4.69, 9.17) is 11.6 Å². The maximum Gasteiger partial charge on any atom is 0.129 e. The molecule has 1 aromatic heterocycles. The first-order valence-electron chi connectivity index (χ1n) is 6.48. The van der Waals surface area contributed by atoms with Crippen molar-refractivity contribution in [1.82, 2.24) is 10.3 Å². The largest absolute Gasteiger partial charge is 0.353 e. The zero-order valence-corrected chi connectivity index (χ0v) is 11.6. The quantitative estimate of drug-likeness (QED) is 0.769. The maximum absolute atomic E-state index is 6.18. The summed E-state index contributed by atoms with van der Waals surface area (Å²) in [4.78, 5) is 6.56. The van der Waals surface area contributed by atoms with Gasteiger partial charge < -0.3 is 10.2 Å². The third kappa shape index (κ3) is 3.47. The molecule has 0 aromatic carbocycles. The van der Waals surface area contributed by atoms with Crippen LogP contribution in [0.3, 0.4) is 0 Å². The molecule has 2 rings (SSSR count). The molecule has 1 aliphatic carbocycles. The minimum Gasteiger partial charge on any atom is -0.353 e. The van der Waals surface area contributed by atoms with Gasteiger partial charge in [-0.05, 0) is 31.4 Å². The Kier molecular flexibility index (Phi) is 4.61. The lowest BCUT2D eigenvalue weighted by Crippen LogP contribution is -2.24. The molecule has 1 N–H and O–H groups in total. The average Bonchev–Trinajstić information content (AvgIpc) is 3.19. The van der Waals surface area contributed by atoms with Gasteiger partial charge in [-0.15, -0.1) is 6.58 Å². The molecule has 0 saturated heterocycles. The molecule has 18 heavy (non-hydrogen) atoms. The van der Waals surface area contributed by atoms with Gasteiger partial charge >= 0.3 is 0 Å². The predicted octanol–water partition coefficient (Wildman–Crippen LogP) is 3.00. The van der Waals surface area contributed by atoms with Crippen LogP contribution in [0.25, 0.3) is 0 Å². The molecule has 0 bridgehead atoms. The molecule has 98 valence electrons. The van der Waals surface area contributed by atoms with E-state index in [0.29, 0.717) is 6.04 Å². The monoisotopic (exact) mass is 265 g/mol. The van der Waals surface area contributed by atoms with Crippen LogP contribution in [0, 0.1) is 0 Å². The molecular formula is C14H20ClN3. The van der Waals surface area contributed by atoms with E-state index in [-0.39, 0.29) is 0 Å². The van der Waals surface area contributed by atoms with E-state index in [1.807, 2.05) is 6.08 Å². The SMILES string of the molecule is C=CCN(CC)c1cc(CNC2CC2)c(Cl)cn1. The van der Waals surface area contributed by atoms with Crippen molar-refractivity contribution < 1.29 is 0 Å². The smallest absolute Gasteiger partial charge is 0.129 e. The Hall–Kier alpha value is -1.06. The average molecular weight is 266 g/mol. The molecule has 1 fully saturated rings. The van der Waals surface area contributed by atoms with Gasteiger partial charge in [0.05, 0.1) is 5.02 Å². The first kappa shape index (κ1) is 13.4. The van der Waals surface area contributed by atoms with E-state index >= 15 is 0 Å². The van der Waals surface area contributed by atoms with Gasteiger partial charge in [-0.25, -0.2) is 4.98 Å². The van der Waals surface area contributed by atoms with Crippen molar-refractivity contribution in [2.24, 2.45) is 0 Å². The van der Waals surface area contributed by atoms with Gasteiger partial charge in [0.2, 0.25) is 0 Å². The maximum atomic E-state index is 6.18. The Morgan fingerprint density at radius 1 is 1.61 bits per heavy atom. The van der Waals surface area contributed by atoms with Crippen LogP contribution in [0.1, 0.15) is 25.3 Å². The predicted molar refractivity (Wildman–Crippen MR) is 77.2 cm³/mol. The molecule has 1 saturated carbocycles. The van der Waals surface area contributed by atoms with Gasteiger partial charge in [-0.1, -0.05) is 17.7 Å². The Balaban J connectivity index is 2.09. The second kappa shape index (κ2) is 6.21. The number of anilines is 1. The second-order valence-corrected chi connectivity index (χ2v) is 5.02. The number of hydrogen-bond acceptors (Lipinski definition) is 3. The Morgan fingerprint density at radius 2 is 2.39 bits per heavy atom. The van der Waals surface area contributed by atoms with Crippen LogP contribution in [0.15, 0.2) is 24.9 Å². The molecule has 1 aromatic rings. The summed E-state index contributed by atoms with van der Waals surface area (Å²) >= 11 is 6.18. The zero-order chi connectivity index (χ0) is 13.0. The van der Waals surface area contributed by atoms with Crippen molar-refractivity contribution in [3.8, 4) is 0 Å². The van der Waals surface area contributed by atoms with Crippen molar-refractivity contribution in [3.05, 3.63) is 35.5 Å². The van der Waals surface area contributed by atoms with Crippen LogP contribution in [-0.2, 0) is 6.54 Å². The highest BCUT2D eigenvalue weighted by Crippen LogP contribution is 2.23. The van der Waals surface area contributed by atoms with Gasteiger partial charge in [-0.2, -0.15) is 0 Å². The molecule has 0 unspecified atom stereocenters.